The molecule has 0 bridgehead atoms. The molecule has 1 aromatic rings. The van der Waals surface area contributed by atoms with Crippen molar-refractivity contribution in [3.63, 3.8) is 0 Å². The number of benzene rings is 1. The Bertz CT molecular complexity index is 569. The lowest BCUT2D eigenvalue weighted by atomic mass is 9.79. The Hall–Kier alpha value is -1.53. The second-order valence-corrected chi connectivity index (χ2v) is 6.49. The van der Waals surface area contributed by atoms with Crippen molar-refractivity contribution in [3.05, 3.63) is 18.2 Å². The highest BCUT2D eigenvalue weighted by Crippen LogP contribution is 2.37. The summed E-state index contributed by atoms with van der Waals surface area (Å²) in [6.07, 6.45) is 0.362. The van der Waals surface area contributed by atoms with E-state index in [0.717, 1.165) is 5.46 Å². The van der Waals surface area contributed by atoms with E-state index in [1.807, 2.05) is 45.9 Å². The van der Waals surface area contributed by atoms with E-state index in [4.69, 9.17) is 14.0 Å². The molecule has 112 valence electrons. The Morgan fingerprint density at radius 2 is 1.81 bits per heavy atom. The van der Waals surface area contributed by atoms with Gasteiger partial charge in [-0.1, -0.05) is 6.07 Å². The number of carbonyl (C=O) groups excluding carboxylic acids is 1. The number of rotatable bonds is 1. The molecule has 1 N–H and O–H groups in total. The van der Waals surface area contributed by atoms with Gasteiger partial charge in [0.05, 0.1) is 29.9 Å². The molecule has 2 heterocycles. The number of fused-ring (bicyclic) bond motifs is 1. The number of carbonyl (C=O) groups is 1. The molecular formula is C15H20BNO4. The van der Waals surface area contributed by atoms with E-state index in [1.54, 1.807) is 0 Å². The Morgan fingerprint density at radius 1 is 1.14 bits per heavy atom. The number of ether oxygens (including phenoxy) is 1. The lowest BCUT2D eigenvalue weighted by Crippen LogP contribution is -2.41. The molecule has 3 rings (SSSR count). The summed E-state index contributed by atoms with van der Waals surface area (Å²) in [5.41, 5.74) is 0.834. The van der Waals surface area contributed by atoms with E-state index >= 15 is 0 Å². The molecule has 5 nitrogen and oxygen atoms in total. The van der Waals surface area contributed by atoms with Gasteiger partial charge in [-0.2, -0.15) is 0 Å². The molecular weight excluding hydrogens is 269 g/mol. The van der Waals surface area contributed by atoms with Gasteiger partial charge in [0.2, 0.25) is 5.91 Å². The standard InChI is InChI=1S/C15H20BNO4/c1-14(2)15(3,4)21-16(20-14)10-5-6-11-12(9-10)19-8-7-13(18)17-11/h5-6,9H,7-8H2,1-4H3,(H,17,18). The molecule has 1 aromatic carbocycles. The fourth-order valence-electron chi connectivity index (χ4n) is 2.35. The smallest absolute Gasteiger partial charge is 0.491 e. The maximum atomic E-state index is 11.5. The molecule has 0 aliphatic carbocycles. The van der Waals surface area contributed by atoms with E-state index < -0.39 is 7.12 Å². The van der Waals surface area contributed by atoms with Gasteiger partial charge in [0.25, 0.3) is 0 Å². The van der Waals surface area contributed by atoms with Crippen molar-refractivity contribution < 1.29 is 18.8 Å². The first-order valence-electron chi connectivity index (χ1n) is 7.21. The first kappa shape index (κ1) is 14.4. The van der Waals surface area contributed by atoms with Crippen molar-refractivity contribution in [1.82, 2.24) is 0 Å². The SMILES string of the molecule is CC1(C)OB(c2ccc3c(c2)OCCC(=O)N3)OC1(C)C. The number of hydrogen-bond acceptors (Lipinski definition) is 4. The Kier molecular flexibility index (Phi) is 3.26. The van der Waals surface area contributed by atoms with Crippen LogP contribution in [-0.4, -0.2) is 30.8 Å². The van der Waals surface area contributed by atoms with E-state index in [0.29, 0.717) is 24.5 Å². The van der Waals surface area contributed by atoms with Gasteiger partial charge in [0, 0.05) is 0 Å². The maximum absolute atomic E-state index is 11.5. The molecule has 6 heteroatoms. The van der Waals surface area contributed by atoms with Crippen LogP contribution in [0.1, 0.15) is 34.1 Å². The van der Waals surface area contributed by atoms with Gasteiger partial charge < -0.3 is 19.4 Å². The van der Waals surface area contributed by atoms with Gasteiger partial charge in [-0.3, -0.25) is 4.79 Å². The third-order valence-corrected chi connectivity index (χ3v) is 4.39. The quantitative estimate of drug-likeness (QED) is 0.800. The summed E-state index contributed by atoms with van der Waals surface area (Å²) in [5.74, 6) is 0.630. The molecule has 0 saturated carbocycles. The number of amides is 1. The average Bonchev–Trinajstić information content (AvgIpc) is 2.52. The minimum absolute atomic E-state index is 0.0304. The fourth-order valence-corrected chi connectivity index (χ4v) is 2.35. The van der Waals surface area contributed by atoms with Crippen molar-refractivity contribution in [3.8, 4) is 5.75 Å². The summed E-state index contributed by atoms with van der Waals surface area (Å²) >= 11 is 0. The zero-order valence-electron chi connectivity index (χ0n) is 12.9. The Morgan fingerprint density at radius 3 is 2.48 bits per heavy atom. The molecule has 0 aromatic heterocycles. The molecule has 0 spiro atoms. The summed E-state index contributed by atoms with van der Waals surface area (Å²) in [5, 5.41) is 2.83. The van der Waals surface area contributed by atoms with Crippen LogP contribution in [0.3, 0.4) is 0 Å². The third kappa shape index (κ3) is 2.54. The molecule has 21 heavy (non-hydrogen) atoms. The van der Waals surface area contributed by atoms with Crippen LogP contribution >= 0.6 is 0 Å². The third-order valence-electron chi connectivity index (χ3n) is 4.39. The van der Waals surface area contributed by atoms with Crippen LogP contribution < -0.4 is 15.5 Å². The first-order chi connectivity index (χ1) is 9.78. The normalized spacial score (nSPS) is 23.0. The van der Waals surface area contributed by atoms with Crippen LogP contribution in [0.15, 0.2) is 18.2 Å². The number of anilines is 1. The summed E-state index contributed by atoms with van der Waals surface area (Å²) in [6, 6.07) is 5.61. The van der Waals surface area contributed by atoms with Crippen LogP contribution in [0.5, 0.6) is 5.75 Å². The zero-order chi connectivity index (χ0) is 15.3. The predicted molar refractivity (Wildman–Crippen MR) is 80.9 cm³/mol. The molecule has 1 fully saturated rings. The summed E-state index contributed by atoms with van der Waals surface area (Å²) in [6.45, 7) is 8.46. The van der Waals surface area contributed by atoms with Crippen LogP contribution in [0.2, 0.25) is 0 Å². The van der Waals surface area contributed by atoms with Gasteiger partial charge >= 0.3 is 7.12 Å². The van der Waals surface area contributed by atoms with Crippen LogP contribution in [0.4, 0.5) is 5.69 Å². The predicted octanol–water partition coefficient (Wildman–Crippen LogP) is 1.71. The van der Waals surface area contributed by atoms with Crippen molar-refractivity contribution >= 4 is 24.2 Å². The number of nitrogens with one attached hydrogen (secondary N) is 1. The van der Waals surface area contributed by atoms with Crippen LogP contribution in [-0.2, 0) is 14.1 Å². The minimum Gasteiger partial charge on any atom is -0.491 e. The largest absolute Gasteiger partial charge is 0.494 e. The highest BCUT2D eigenvalue weighted by atomic mass is 16.7. The van der Waals surface area contributed by atoms with E-state index in [1.165, 1.54) is 0 Å². The Labute approximate surface area is 125 Å². The zero-order valence-corrected chi connectivity index (χ0v) is 12.9. The van der Waals surface area contributed by atoms with Crippen LogP contribution in [0, 0.1) is 0 Å². The second kappa shape index (κ2) is 4.75. The minimum atomic E-state index is -0.428. The van der Waals surface area contributed by atoms with Crippen molar-refractivity contribution in [2.24, 2.45) is 0 Å². The molecule has 2 aliphatic heterocycles. The first-order valence-corrected chi connectivity index (χ1v) is 7.21. The molecule has 0 radical (unpaired) electrons. The summed E-state index contributed by atoms with van der Waals surface area (Å²) in [4.78, 5) is 11.5. The molecule has 1 saturated heterocycles. The molecule has 2 aliphatic rings. The van der Waals surface area contributed by atoms with Crippen molar-refractivity contribution in [1.29, 1.82) is 0 Å². The van der Waals surface area contributed by atoms with Crippen molar-refractivity contribution in [2.75, 3.05) is 11.9 Å². The molecule has 0 atom stereocenters. The highest BCUT2D eigenvalue weighted by Gasteiger charge is 2.51. The second-order valence-electron chi connectivity index (χ2n) is 6.49. The average molecular weight is 289 g/mol. The van der Waals surface area contributed by atoms with Crippen molar-refractivity contribution in [2.45, 2.75) is 45.3 Å². The molecule has 0 unspecified atom stereocenters. The lowest BCUT2D eigenvalue weighted by molar-refractivity contribution is -0.116. The maximum Gasteiger partial charge on any atom is 0.494 e. The lowest BCUT2D eigenvalue weighted by Gasteiger charge is -2.32. The van der Waals surface area contributed by atoms with Gasteiger partial charge in [-0.05, 0) is 45.3 Å². The van der Waals surface area contributed by atoms with E-state index in [9.17, 15) is 4.79 Å². The highest BCUT2D eigenvalue weighted by molar-refractivity contribution is 6.62. The van der Waals surface area contributed by atoms with Crippen LogP contribution in [0.25, 0.3) is 0 Å². The fraction of sp³-hybridized carbons (Fsp3) is 0.533. The Balaban J connectivity index is 1.88. The number of hydrogen-bond donors (Lipinski definition) is 1. The topological polar surface area (TPSA) is 56.8 Å². The van der Waals surface area contributed by atoms with Gasteiger partial charge in [0.15, 0.2) is 0 Å². The van der Waals surface area contributed by atoms with E-state index in [-0.39, 0.29) is 17.1 Å². The van der Waals surface area contributed by atoms with Gasteiger partial charge in [-0.15, -0.1) is 0 Å². The monoisotopic (exact) mass is 289 g/mol. The van der Waals surface area contributed by atoms with E-state index in [2.05, 4.69) is 5.32 Å². The summed E-state index contributed by atoms with van der Waals surface area (Å²) < 4.78 is 17.7. The summed E-state index contributed by atoms with van der Waals surface area (Å²) in [7, 11) is -0.428. The van der Waals surface area contributed by atoms with Gasteiger partial charge in [-0.25, -0.2) is 0 Å². The molecule has 1 amide bonds. The van der Waals surface area contributed by atoms with Gasteiger partial charge in [0.1, 0.15) is 5.75 Å².